The Labute approximate surface area is 216 Å². The van der Waals surface area contributed by atoms with Gasteiger partial charge in [-0.25, -0.2) is 0 Å². The first-order valence-corrected chi connectivity index (χ1v) is 12.4. The summed E-state index contributed by atoms with van der Waals surface area (Å²) in [6, 6.07) is 13.3. The Morgan fingerprint density at radius 2 is 1.73 bits per heavy atom. The normalized spacial score (nSPS) is 11.2. The molecule has 0 unspecified atom stereocenters. The number of hydrogen-bond donors (Lipinski definition) is 4. The van der Waals surface area contributed by atoms with E-state index in [-0.39, 0.29) is 53.2 Å². The van der Waals surface area contributed by atoms with Crippen molar-refractivity contribution in [1.82, 2.24) is 5.32 Å². The molecule has 0 fully saturated rings. The molecule has 2 aromatic carbocycles. The van der Waals surface area contributed by atoms with Gasteiger partial charge < -0.3 is 21.0 Å². The van der Waals surface area contributed by atoms with Crippen molar-refractivity contribution in [2.45, 2.75) is 64.7 Å². The molecule has 11 nitrogen and oxygen atoms in total. The summed E-state index contributed by atoms with van der Waals surface area (Å²) in [6.45, 7) is 2.59. The minimum Gasteiger partial charge on any atom is -0.769 e. The largest absolute Gasteiger partial charge is 0.769 e. The number of Topliss-reactive ketones (excluding diaryl/α,β-unsaturated/α-hetero) is 1. The number of carbonyl (C=O) groups excluding carboxylic acids is 2. The topological polar surface area (TPSA) is 164 Å². The lowest BCUT2D eigenvalue weighted by Crippen LogP contribution is -2.26. The van der Waals surface area contributed by atoms with Crippen LogP contribution in [0.4, 0.5) is 17.1 Å². The number of nitrogens with one attached hydrogen (secondary N) is 2. The lowest BCUT2D eigenvalue weighted by molar-refractivity contribution is -0.124. The van der Waals surface area contributed by atoms with E-state index in [0.717, 1.165) is 37.3 Å². The number of hydrazone groups is 1. The predicted molar refractivity (Wildman–Crippen MR) is 144 cm³/mol. The number of benzene rings is 2. The molecule has 2 rings (SSSR count). The first-order chi connectivity index (χ1) is 17.8. The van der Waals surface area contributed by atoms with Crippen LogP contribution in [0.1, 0.15) is 63.9 Å². The molecule has 0 bridgehead atoms. The van der Waals surface area contributed by atoms with E-state index >= 15 is 0 Å². The number of nitrogens with zero attached hydrogens (tertiary/aromatic N) is 3. The molecule has 0 saturated carbocycles. The first-order valence-electron chi connectivity index (χ1n) is 12.4. The highest BCUT2D eigenvalue weighted by Crippen LogP contribution is 2.29. The van der Waals surface area contributed by atoms with E-state index < -0.39 is 5.23 Å². The van der Waals surface area contributed by atoms with Gasteiger partial charge >= 0.3 is 0 Å². The van der Waals surface area contributed by atoms with Crippen molar-refractivity contribution in [3.05, 3.63) is 64.5 Å². The van der Waals surface area contributed by atoms with E-state index in [4.69, 9.17) is 0 Å². The molecule has 0 aliphatic heterocycles. The van der Waals surface area contributed by atoms with Crippen LogP contribution < -0.4 is 21.2 Å². The van der Waals surface area contributed by atoms with Gasteiger partial charge in [-0.2, -0.15) is 5.10 Å². The molecule has 37 heavy (non-hydrogen) atoms. The van der Waals surface area contributed by atoms with Gasteiger partial charge in [0.15, 0.2) is 0 Å². The van der Waals surface area contributed by atoms with Crippen molar-refractivity contribution in [1.29, 1.82) is 0 Å². The third kappa shape index (κ3) is 11.4. The Balaban J connectivity index is 1.94. The highest BCUT2D eigenvalue weighted by atomic mass is 16.8. The Bertz CT molecular complexity index is 1010. The molecule has 0 aromatic heterocycles. The Hall–Kier alpha value is -3.51. The number of ketones is 1. The third-order valence-electron chi connectivity index (χ3n) is 5.67. The number of carbonyl (C=O) groups is 2. The van der Waals surface area contributed by atoms with Gasteiger partial charge in [-0.3, -0.25) is 25.4 Å². The fourth-order valence-corrected chi connectivity index (χ4v) is 3.62. The van der Waals surface area contributed by atoms with Crippen molar-refractivity contribution in [3.63, 3.8) is 0 Å². The number of amides is 1. The Morgan fingerprint density at radius 1 is 0.973 bits per heavy atom. The summed E-state index contributed by atoms with van der Waals surface area (Å²) in [4.78, 5) is 24.7. The average Bonchev–Trinajstić information content (AvgIpc) is 2.88. The molecule has 0 aliphatic rings. The van der Waals surface area contributed by atoms with Gasteiger partial charge in [0.05, 0.1) is 5.69 Å². The van der Waals surface area contributed by atoms with Gasteiger partial charge in [0.25, 0.3) is 0 Å². The summed E-state index contributed by atoms with van der Waals surface area (Å²) >= 11 is 0. The van der Waals surface area contributed by atoms with E-state index in [1.54, 1.807) is 0 Å². The first kappa shape index (κ1) is 29.7. The summed E-state index contributed by atoms with van der Waals surface area (Å²) in [6.07, 6.45) is 5.36. The smallest absolute Gasteiger partial charge is 0.220 e. The molecule has 0 heterocycles. The number of unbranched alkanes of at least 4 members (excludes halogenated alkanes) is 3. The maximum Gasteiger partial charge on any atom is 0.220 e. The van der Waals surface area contributed by atoms with E-state index in [9.17, 15) is 30.4 Å². The van der Waals surface area contributed by atoms with Crippen molar-refractivity contribution in [2.75, 3.05) is 22.4 Å². The molecule has 11 heteroatoms. The van der Waals surface area contributed by atoms with Crippen LogP contribution in [0.25, 0.3) is 0 Å². The van der Waals surface area contributed by atoms with Crippen LogP contribution in [0.3, 0.4) is 0 Å². The van der Waals surface area contributed by atoms with Crippen LogP contribution in [-0.4, -0.2) is 34.4 Å². The van der Waals surface area contributed by atoms with E-state index in [1.807, 2.05) is 30.3 Å². The summed E-state index contributed by atoms with van der Waals surface area (Å²) in [5.74, 6) is -0.325. The zero-order valence-electron chi connectivity index (χ0n) is 21.1. The number of hydrogen-bond acceptors (Lipinski definition) is 10. The summed E-state index contributed by atoms with van der Waals surface area (Å²) in [7, 11) is 0. The van der Waals surface area contributed by atoms with Crippen LogP contribution in [0, 0.1) is 10.4 Å². The molecule has 0 radical (unpaired) electrons. The molecule has 2 aromatic rings. The summed E-state index contributed by atoms with van der Waals surface area (Å²) in [5, 5.41) is 47.1. The Morgan fingerprint density at radius 3 is 2.41 bits per heavy atom. The molecular weight excluding hydrogens is 478 g/mol. The molecule has 202 valence electrons. The highest BCUT2D eigenvalue weighted by Gasteiger charge is 2.13. The van der Waals surface area contributed by atoms with Crippen molar-refractivity contribution < 1.29 is 20.0 Å². The van der Waals surface area contributed by atoms with Crippen molar-refractivity contribution >= 4 is 34.5 Å². The van der Waals surface area contributed by atoms with Crippen LogP contribution in [0.5, 0.6) is 0 Å². The summed E-state index contributed by atoms with van der Waals surface area (Å²) < 4.78 is 0. The average molecular weight is 514 g/mol. The lowest BCUT2D eigenvalue weighted by atomic mass is 10.0. The monoisotopic (exact) mass is 513 g/mol. The molecule has 0 aliphatic carbocycles. The van der Waals surface area contributed by atoms with Gasteiger partial charge in [0.2, 0.25) is 5.91 Å². The molecular formula is C26H35N5O6-2. The second-order valence-corrected chi connectivity index (χ2v) is 8.65. The van der Waals surface area contributed by atoms with Gasteiger partial charge in [-0.1, -0.05) is 56.5 Å². The van der Waals surface area contributed by atoms with E-state index in [1.165, 1.54) is 12.1 Å². The summed E-state index contributed by atoms with van der Waals surface area (Å²) in [5.41, 5.74) is 3.89. The number of rotatable bonds is 17. The van der Waals surface area contributed by atoms with E-state index in [0.29, 0.717) is 25.1 Å². The molecule has 0 atom stereocenters. The van der Waals surface area contributed by atoms with E-state index in [2.05, 4.69) is 22.8 Å². The highest BCUT2D eigenvalue weighted by molar-refractivity contribution is 6.03. The maximum atomic E-state index is 12.6. The second-order valence-electron chi connectivity index (χ2n) is 8.65. The fraction of sp³-hybridized carbons (Fsp3) is 0.423. The molecule has 0 saturated heterocycles. The van der Waals surface area contributed by atoms with Crippen molar-refractivity contribution in [2.24, 2.45) is 5.10 Å². The molecule has 1 amide bonds. The second kappa shape index (κ2) is 16.3. The van der Waals surface area contributed by atoms with Crippen LogP contribution in [-0.2, 0) is 16.0 Å². The standard InChI is InChI=1S/C26H35N5O6/c1-2-3-4-8-11-21(28-29-24-14-12-22(30(34)35)19-25(24)31(36)37)18-23(32)13-15-26(33)27-17-16-20-9-6-5-7-10-20/h5-7,9-10,12,14,19,29,36-37H,2-4,8,11,13,15-18H2,1H3,(H,27,33)/q-2/b28-21+. The molecule has 4 N–H and O–H groups in total. The molecule has 0 spiro atoms. The third-order valence-corrected chi connectivity index (χ3v) is 5.67. The Kier molecular flexibility index (Phi) is 13.1. The predicted octanol–water partition coefficient (Wildman–Crippen LogP) is 4.91. The van der Waals surface area contributed by atoms with Gasteiger partial charge in [-0.15, -0.1) is 5.23 Å². The zero-order chi connectivity index (χ0) is 27.0. The number of anilines is 3. The minimum absolute atomic E-state index is 0.0424. The van der Waals surface area contributed by atoms with Gasteiger partial charge in [-0.05, 0) is 43.0 Å². The maximum absolute atomic E-state index is 12.6. The quantitative estimate of drug-likeness (QED) is 0.131. The van der Waals surface area contributed by atoms with Crippen LogP contribution in [0.2, 0.25) is 0 Å². The van der Waals surface area contributed by atoms with Crippen LogP contribution in [0.15, 0.2) is 53.6 Å². The van der Waals surface area contributed by atoms with Crippen molar-refractivity contribution in [3.8, 4) is 0 Å². The van der Waals surface area contributed by atoms with Gasteiger partial charge in [0, 0.05) is 37.2 Å². The van der Waals surface area contributed by atoms with Gasteiger partial charge in [0.1, 0.15) is 11.5 Å². The minimum atomic E-state index is -0.657. The fourth-order valence-electron chi connectivity index (χ4n) is 3.62. The zero-order valence-corrected chi connectivity index (χ0v) is 21.1. The lowest BCUT2D eigenvalue weighted by Gasteiger charge is -2.37. The van der Waals surface area contributed by atoms with Crippen LogP contribution >= 0.6 is 0 Å². The SMILES string of the molecule is CCCCCC/C(CC(=O)CCC(=O)NCCc1ccccc1)=N\Nc1ccc(N([O-])[O-])cc1N(O)O.